The van der Waals surface area contributed by atoms with E-state index < -0.39 is 5.97 Å². The van der Waals surface area contributed by atoms with E-state index in [1.165, 1.54) is 0 Å². The number of carboxylic acids is 1. The molecule has 8 heteroatoms. The summed E-state index contributed by atoms with van der Waals surface area (Å²) < 4.78 is 6.57. The summed E-state index contributed by atoms with van der Waals surface area (Å²) in [7, 11) is 0. The molecule has 0 saturated heterocycles. The standard InChI is InChI=1S/C10H9ClN4O3/c11-7-2-1-3-8(4-7)18-6-9-12-13-14-15(9)5-10(16)17/h1-4H,5-6H2,(H,16,17). The molecule has 2 aromatic rings. The van der Waals surface area contributed by atoms with Gasteiger partial charge >= 0.3 is 5.97 Å². The third-order valence-corrected chi connectivity index (χ3v) is 2.29. The lowest BCUT2D eigenvalue weighted by Gasteiger charge is -2.05. The Morgan fingerprint density at radius 2 is 2.33 bits per heavy atom. The first-order valence-electron chi connectivity index (χ1n) is 5.00. The normalized spacial score (nSPS) is 10.3. The predicted molar refractivity (Wildman–Crippen MR) is 61.2 cm³/mol. The zero-order valence-corrected chi connectivity index (χ0v) is 9.91. The van der Waals surface area contributed by atoms with Crippen molar-refractivity contribution in [1.29, 1.82) is 0 Å². The van der Waals surface area contributed by atoms with Gasteiger partial charge in [-0.25, -0.2) is 4.68 Å². The molecule has 1 aromatic heterocycles. The largest absolute Gasteiger partial charge is 0.485 e. The first-order chi connectivity index (χ1) is 8.65. The van der Waals surface area contributed by atoms with Crippen molar-refractivity contribution in [2.75, 3.05) is 0 Å². The summed E-state index contributed by atoms with van der Waals surface area (Å²) in [6.07, 6.45) is 0. The number of ether oxygens (including phenoxy) is 1. The highest BCUT2D eigenvalue weighted by molar-refractivity contribution is 6.30. The Balaban J connectivity index is 2.02. The predicted octanol–water partition coefficient (Wildman–Crippen LogP) is 0.990. The van der Waals surface area contributed by atoms with Gasteiger partial charge in [0.25, 0.3) is 0 Å². The second kappa shape index (κ2) is 5.46. The molecule has 0 radical (unpaired) electrons. The maximum absolute atomic E-state index is 10.6. The summed E-state index contributed by atoms with van der Waals surface area (Å²) in [4.78, 5) is 10.6. The Morgan fingerprint density at radius 1 is 1.50 bits per heavy atom. The quantitative estimate of drug-likeness (QED) is 0.870. The van der Waals surface area contributed by atoms with E-state index in [0.29, 0.717) is 16.6 Å². The smallest absolute Gasteiger partial charge is 0.325 e. The summed E-state index contributed by atoms with van der Waals surface area (Å²) in [5.41, 5.74) is 0. The number of carboxylic acid groups (broad SMARTS) is 1. The molecule has 1 aromatic carbocycles. The fourth-order valence-electron chi connectivity index (χ4n) is 1.28. The zero-order valence-electron chi connectivity index (χ0n) is 9.15. The molecule has 0 aliphatic heterocycles. The van der Waals surface area contributed by atoms with E-state index in [1.54, 1.807) is 24.3 Å². The van der Waals surface area contributed by atoms with E-state index in [0.717, 1.165) is 4.68 Å². The van der Waals surface area contributed by atoms with Gasteiger partial charge in [0.15, 0.2) is 5.82 Å². The van der Waals surface area contributed by atoms with Crippen molar-refractivity contribution >= 4 is 17.6 Å². The fourth-order valence-corrected chi connectivity index (χ4v) is 1.46. The molecule has 2 rings (SSSR count). The summed E-state index contributed by atoms with van der Waals surface area (Å²) in [5.74, 6) is -0.129. The Kier molecular flexibility index (Phi) is 3.73. The van der Waals surface area contributed by atoms with E-state index in [-0.39, 0.29) is 13.2 Å². The Labute approximate surface area is 107 Å². The average molecular weight is 269 g/mol. The first kappa shape index (κ1) is 12.3. The molecule has 94 valence electrons. The molecular weight excluding hydrogens is 260 g/mol. The molecule has 0 saturated carbocycles. The van der Waals surface area contributed by atoms with Gasteiger partial charge in [-0.05, 0) is 28.6 Å². The highest BCUT2D eigenvalue weighted by Gasteiger charge is 2.09. The lowest BCUT2D eigenvalue weighted by atomic mass is 10.3. The van der Waals surface area contributed by atoms with Gasteiger partial charge in [0.2, 0.25) is 0 Å². The highest BCUT2D eigenvalue weighted by atomic mass is 35.5. The van der Waals surface area contributed by atoms with Gasteiger partial charge in [-0.1, -0.05) is 17.7 Å². The Morgan fingerprint density at radius 3 is 3.06 bits per heavy atom. The number of nitrogens with zero attached hydrogens (tertiary/aromatic N) is 4. The van der Waals surface area contributed by atoms with Crippen molar-refractivity contribution in [3.05, 3.63) is 35.1 Å². The maximum Gasteiger partial charge on any atom is 0.325 e. The number of tetrazole rings is 1. The lowest BCUT2D eigenvalue weighted by molar-refractivity contribution is -0.138. The van der Waals surface area contributed by atoms with Crippen LogP contribution in [0.3, 0.4) is 0 Å². The number of hydrogen-bond donors (Lipinski definition) is 1. The topological polar surface area (TPSA) is 90.1 Å². The third-order valence-electron chi connectivity index (χ3n) is 2.06. The van der Waals surface area contributed by atoms with Crippen LogP contribution in [0, 0.1) is 0 Å². The number of halogens is 1. The van der Waals surface area contributed by atoms with E-state index in [2.05, 4.69) is 15.5 Å². The van der Waals surface area contributed by atoms with Crippen molar-refractivity contribution in [3.8, 4) is 5.75 Å². The minimum absolute atomic E-state index is 0.0701. The van der Waals surface area contributed by atoms with E-state index in [9.17, 15) is 4.79 Å². The number of rotatable bonds is 5. The van der Waals surface area contributed by atoms with Crippen LogP contribution in [0.5, 0.6) is 5.75 Å². The van der Waals surface area contributed by atoms with Gasteiger partial charge in [0.1, 0.15) is 18.9 Å². The number of aromatic nitrogens is 4. The van der Waals surface area contributed by atoms with E-state index in [4.69, 9.17) is 21.4 Å². The van der Waals surface area contributed by atoms with Gasteiger partial charge < -0.3 is 9.84 Å². The molecule has 0 unspecified atom stereocenters. The molecule has 0 aliphatic rings. The molecule has 0 spiro atoms. The lowest BCUT2D eigenvalue weighted by Crippen LogP contribution is -2.14. The first-order valence-corrected chi connectivity index (χ1v) is 5.38. The van der Waals surface area contributed by atoms with Crippen LogP contribution in [0.1, 0.15) is 5.82 Å². The SMILES string of the molecule is O=C(O)Cn1nnnc1COc1cccc(Cl)c1. The summed E-state index contributed by atoms with van der Waals surface area (Å²) in [5, 5.41) is 19.9. The van der Waals surface area contributed by atoms with Crippen LogP contribution in [0.4, 0.5) is 0 Å². The van der Waals surface area contributed by atoms with Crippen LogP contribution in [0.25, 0.3) is 0 Å². The van der Waals surface area contributed by atoms with Crippen molar-refractivity contribution in [2.24, 2.45) is 0 Å². The molecule has 0 fully saturated rings. The van der Waals surface area contributed by atoms with Crippen LogP contribution >= 0.6 is 11.6 Å². The maximum atomic E-state index is 10.6. The molecule has 7 nitrogen and oxygen atoms in total. The van der Waals surface area contributed by atoms with Crippen molar-refractivity contribution in [2.45, 2.75) is 13.2 Å². The van der Waals surface area contributed by atoms with Crippen molar-refractivity contribution in [1.82, 2.24) is 20.2 Å². The van der Waals surface area contributed by atoms with Gasteiger partial charge in [-0.3, -0.25) is 4.79 Å². The molecule has 0 bridgehead atoms. The van der Waals surface area contributed by atoms with Crippen LogP contribution < -0.4 is 4.74 Å². The highest BCUT2D eigenvalue weighted by Crippen LogP contribution is 2.17. The molecule has 1 heterocycles. The molecule has 0 atom stereocenters. The van der Waals surface area contributed by atoms with Gasteiger partial charge in [-0.2, -0.15) is 0 Å². The van der Waals surface area contributed by atoms with Crippen LogP contribution in [-0.2, 0) is 17.9 Å². The molecule has 0 amide bonds. The molecule has 0 aliphatic carbocycles. The Hall–Kier alpha value is -2.15. The Bertz CT molecular complexity index is 558. The second-order valence-electron chi connectivity index (χ2n) is 3.39. The minimum atomic E-state index is -1.02. The average Bonchev–Trinajstić information content (AvgIpc) is 2.73. The monoisotopic (exact) mass is 268 g/mol. The summed E-state index contributed by atoms with van der Waals surface area (Å²) in [6.45, 7) is -0.234. The van der Waals surface area contributed by atoms with E-state index >= 15 is 0 Å². The third kappa shape index (κ3) is 3.17. The van der Waals surface area contributed by atoms with Crippen LogP contribution in [0.2, 0.25) is 5.02 Å². The fraction of sp³-hybridized carbons (Fsp3) is 0.200. The van der Waals surface area contributed by atoms with Crippen LogP contribution in [0.15, 0.2) is 24.3 Å². The zero-order chi connectivity index (χ0) is 13.0. The number of hydrogen-bond acceptors (Lipinski definition) is 5. The summed E-state index contributed by atoms with van der Waals surface area (Å²) >= 11 is 5.80. The van der Waals surface area contributed by atoms with Gasteiger partial charge in [-0.15, -0.1) is 5.10 Å². The number of benzene rings is 1. The van der Waals surface area contributed by atoms with Gasteiger partial charge in [0.05, 0.1) is 0 Å². The minimum Gasteiger partial charge on any atom is -0.485 e. The van der Waals surface area contributed by atoms with Crippen LogP contribution in [-0.4, -0.2) is 31.3 Å². The summed E-state index contributed by atoms with van der Waals surface area (Å²) in [6, 6.07) is 6.85. The number of aliphatic carboxylic acids is 1. The van der Waals surface area contributed by atoms with E-state index in [1.807, 2.05) is 0 Å². The van der Waals surface area contributed by atoms with Crippen molar-refractivity contribution in [3.63, 3.8) is 0 Å². The molecule has 18 heavy (non-hydrogen) atoms. The molecule has 1 N–H and O–H groups in total. The number of carbonyl (C=O) groups is 1. The molecular formula is C10H9ClN4O3. The second-order valence-corrected chi connectivity index (χ2v) is 3.83. The van der Waals surface area contributed by atoms with Gasteiger partial charge in [0, 0.05) is 5.02 Å². The van der Waals surface area contributed by atoms with Crippen molar-refractivity contribution < 1.29 is 14.6 Å².